The van der Waals surface area contributed by atoms with Gasteiger partial charge in [-0.25, -0.2) is 0 Å². The molecule has 0 saturated carbocycles. The van der Waals surface area contributed by atoms with Crippen molar-refractivity contribution in [3.8, 4) is 11.5 Å². The SMILES string of the molecule is COc1cc(C2NCCc3c2[nH]c2ccc(Br)cc32)ccc1OCCc1ccccc1. The second kappa shape index (κ2) is 8.77. The van der Waals surface area contributed by atoms with Crippen molar-refractivity contribution in [2.24, 2.45) is 0 Å². The number of aromatic nitrogens is 1. The Balaban J connectivity index is 1.39. The number of hydrogen-bond donors (Lipinski definition) is 2. The van der Waals surface area contributed by atoms with Crippen LogP contribution in [0.25, 0.3) is 10.9 Å². The van der Waals surface area contributed by atoms with Gasteiger partial charge in [-0.1, -0.05) is 52.3 Å². The van der Waals surface area contributed by atoms with Crippen LogP contribution >= 0.6 is 15.9 Å². The van der Waals surface area contributed by atoms with E-state index in [0.717, 1.165) is 35.4 Å². The van der Waals surface area contributed by atoms with Gasteiger partial charge in [-0.05, 0) is 53.4 Å². The van der Waals surface area contributed by atoms with Gasteiger partial charge in [0.25, 0.3) is 0 Å². The Morgan fingerprint density at radius 2 is 1.87 bits per heavy atom. The first-order chi connectivity index (χ1) is 15.2. The van der Waals surface area contributed by atoms with E-state index in [4.69, 9.17) is 9.47 Å². The topological polar surface area (TPSA) is 46.3 Å². The molecule has 1 aliphatic rings. The molecule has 1 unspecified atom stereocenters. The Kier molecular flexibility index (Phi) is 5.70. The predicted octanol–water partition coefficient (Wildman–Crippen LogP) is 5.80. The summed E-state index contributed by atoms with van der Waals surface area (Å²) in [5.74, 6) is 1.54. The molecule has 0 amide bonds. The van der Waals surface area contributed by atoms with E-state index in [2.05, 4.69) is 80.8 Å². The lowest BCUT2D eigenvalue weighted by Crippen LogP contribution is -2.30. The number of aromatic amines is 1. The summed E-state index contributed by atoms with van der Waals surface area (Å²) in [5, 5.41) is 4.96. The maximum absolute atomic E-state index is 6.05. The molecule has 1 aliphatic heterocycles. The third-order valence-corrected chi connectivity index (χ3v) is 6.42. The number of hydrogen-bond acceptors (Lipinski definition) is 3. The Hall–Kier alpha value is -2.76. The van der Waals surface area contributed by atoms with E-state index in [1.54, 1.807) is 7.11 Å². The first-order valence-corrected chi connectivity index (χ1v) is 11.4. The monoisotopic (exact) mass is 476 g/mol. The average molecular weight is 477 g/mol. The third-order valence-electron chi connectivity index (χ3n) is 5.93. The highest BCUT2D eigenvalue weighted by Gasteiger charge is 2.26. The summed E-state index contributed by atoms with van der Waals surface area (Å²) < 4.78 is 12.8. The van der Waals surface area contributed by atoms with Crippen molar-refractivity contribution in [3.63, 3.8) is 0 Å². The predicted molar refractivity (Wildman–Crippen MR) is 128 cm³/mol. The average Bonchev–Trinajstić information content (AvgIpc) is 3.18. The number of ether oxygens (including phenoxy) is 2. The zero-order chi connectivity index (χ0) is 21.2. The van der Waals surface area contributed by atoms with Crippen LogP contribution in [0.1, 0.15) is 28.4 Å². The summed E-state index contributed by atoms with van der Waals surface area (Å²) in [6.45, 7) is 1.55. The van der Waals surface area contributed by atoms with Crippen molar-refractivity contribution in [1.82, 2.24) is 10.3 Å². The summed E-state index contributed by atoms with van der Waals surface area (Å²) in [6.07, 6.45) is 1.88. The maximum atomic E-state index is 6.05. The van der Waals surface area contributed by atoms with Crippen LogP contribution in [0.4, 0.5) is 0 Å². The van der Waals surface area contributed by atoms with Gasteiger partial charge in [-0.2, -0.15) is 0 Å². The summed E-state index contributed by atoms with van der Waals surface area (Å²) in [7, 11) is 1.70. The van der Waals surface area contributed by atoms with Crippen LogP contribution in [0, 0.1) is 0 Å². The molecule has 0 bridgehead atoms. The van der Waals surface area contributed by atoms with E-state index in [9.17, 15) is 0 Å². The van der Waals surface area contributed by atoms with Crippen LogP contribution in [-0.4, -0.2) is 25.2 Å². The molecule has 158 valence electrons. The minimum atomic E-state index is 0.0993. The third kappa shape index (κ3) is 4.08. The summed E-state index contributed by atoms with van der Waals surface area (Å²) in [4.78, 5) is 3.64. The lowest BCUT2D eigenvalue weighted by molar-refractivity contribution is 0.297. The zero-order valence-corrected chi connectivity index (χ0v) is 19.0. The van der Waals surface area contributed by atoms with Gasteiger partial charge >= 0.3 is 0 Å². The van der Waals surface area contributed by atoms with Gasteiger partial charge in [0.1, 0.15) is 0 Å². The van der Waals surface area contributed by atoms with Gasteiger partial charge in [0.05, 0.1) is 19.8 Å². The largest absolute Gasteiger partial charge is 0.493 e. The lowest BCUT2D eigenvalue weighted by atomic mass is 9.94. The van der Waals surface area contributed by atoms with Crippen LogP contribution < -0.4 is 14.8 Å². The second-order valence-corrected chi connectivity index (χ2v) is 8.75. The van der Waals surface area contributed by atoms with Crippen LogP contribution in [0.15, 0.2) is 71.2 Å². The van der Waals surface area contributed by atoms with Crippen LogP contribution in [0.5, 0.6) is 11.5 Å². The molecule has 5 heteroatoms. The van der Waals surface area contributed by atoms with Crippen molar-refractivity contribution in [2.75, 3.05) is 20.3 Å². The molecule has 2 heterocycles. The molecule has 0 radical (unpaired) electrons. The Labute approximate surface area is 190 Å². The second-order valence-electron chi connectivity index (χ2n) is 7.84. The Morgan fingerprint density at radius 3 is 2.71 bits per heavy atom. The molecule has 4 nitrogen and oxygen atoms in total. The van der Waals surface area contributed by atoms with Crippen molar-refractivity contribution >= 4 is 26.8 Å². The zero-order valence-electron chi connectivity index (χ0n) is 17.5. The van der Waals surface area contributed by atoms with Crippen LogP contribution in [0.3, 0.4) is 0 Å². The highest BCUT2D eigenvalue weighted by atomic mass is 79.9. The number of nitrogens with one attached hydrogen (secondary N) is 2. The molecule has 5 rings (SSSR count). The normalized spacial score (nSPS) is 15.6. The minimum Gasteiger partial charge on any atom is -0.493 e. The summed E-state index contributed by atoms with van der Waals surface area (Å²) in [6, 6.07) is 23.1. The van der Waals surface area contributed by atoms with Crippen molar-refractivity contribution < 1.29 is 9.47 Å². The molecule has 1 aromatic heterocycles. The number of fused-ring (bicyclic) bond motifs is 3. The first-order valence-electron chi connectivity index (χ1n) is 10.6. The summed E-state index contributed by atoms with van der Waals surface area (Å²) in [5.41, 5.74) is 6.23. The molecule has 31 heavy (non-hydrogen) atoms. The van der Waals surface area contributed by atoms with Crippen LogP contribution in [-0.2, 0) is 12.8 Å². The molecule has 0 fully saturated rings. The fourth-order valence-corrected chi connectivity index (χ4v) is 4.75. The Morgan fingerprint density at radius 1 is 1.00 bits per heavy atom. The van der Waals surface area contributed by atoms with Gasteiger partial charge in [0, 0.05) is 34.0 Å². The standard InChI is InChI=1S/C26H25BrN2O2/c1-30-24-15-18(7-10-23(24)31-14-12-17-5-3-2-4-6-17)25-26-20(11-13-28-25)21-16-19(27)8-9-22(21)29-26/h2-10,15-16,25,28-29H,11-14H2,1H3. The molecule has 0 aliphatic carbocycles. The molecule has 1 atom stereocenters. The molecule has 4 aromatic rings. The maximum Gasteiger partial charge on any atom is 0.161 e. The fourth-order valence-electron chi connectivity index (χ4n) is 4.39. The quantitative estimate of drug-likeness (QED) is 0.369. The fraction of sp³-hybridized carbons (Fsp3) is 0.231. The van der Waals surface area contributed by atoms with E-state index in [1.807, 2.05) is 12.1 Å². The molecular weight excluding hydrogens is 452 g/mol. The number of H-pyrrole nitrogens is 1. The highest BCUT2D eigenvalue weighted by Crippen LogP contribution is 2.37. The highest BCUT2D eigenvalue weighted by molar-refractivity contribution is 9.10. The van der Waals surface area contributed by atoms with E-state index in [-0.39, 0.29) is 6.04 Å². The van der Waals surface area contributed by atoms with Gasteiger partial charge in [0.2, 0.25) is 0 Å². The van der Waals surface area contributed by atoms with Crippen molar-refractivity contribution in [1.29, 1.82) is 0 Å². The number of benzene rings is 3. The summed E-state index contributed by atoms with van der Waals surface area (Å²) >= 11 is 3.61. The van der Waals surface area contributed by atoms with Gasteiger partial charge < -0.3 is 19.8 Å². The van der Waals surface area contributed by atoms with Crippen molar-refractivity contribution in [2.45, 2.75) is 18.9 Å². The lowest BCUT2D eigenvalue weighted by Gasteiger charge is -2.25. The smallest absolute Gasteiger partial charge is 0.161 e. The van der Waals surface area contributed by atoms with Crippen molar-refractivity contribution in [3.05, 3.63) is 93.6 Å². The molecule has 3 aromatic carbocycles. The number of halogens is 1. The van der Waals surface area contributed by atoms with E-state index in [0.29, 0.717) is 6.61 Å². The molecule has 2 N–H and O–H groups in total. The van der Waals surface area contributed by atoms with Gasteiger partial charge in [-0.15, -0.1) is 0 Å². The molecule has 0 saturated heterocycles. The van der Waals surface area contributed by atoms with Gasteiger partial charge in [-0.3, -0.25) is 0 Å². The number of methoxy groups -OCH3 is 1. The number of rotatable bonds is 6. The minimum absolute atomic E-state index is 0.0993. The van der Waals surface area contributed by atoms with E-state index < -0.39 is 0 Å². The van der Waals surface area contributed by atoms with Gasteiger partial charge in [0.15, 0.2) is 11.5 Å². The first kappa shape index (κ1) is 20.2. The van der Waals surface area contributed by atoms with Crippen LogP contribution in [0.2, 0.25) is 0 Å². The Bertz CT molecular complexity index is 1200. The van der Waals surface area contributed by atoms with E-state index in [1.165, 1.54) is 33.3 Å². The van der Waals surface area contributed by atoms with E-state index >= 15 is 0 Å². The molecule has 0 spiro atoms. The molecular formula is C26H25BrN2O2.